The lowest BCUT2D eigenvalue weighted by Crippen LogP contribution is -2.34. The van der Waals surface area contributed by atoms with Crippen LogP contribution >= 0.6 is 0 Å². The number of hydrogen-bond donors (Lipinski definition) is 1. The molecule has 19 heavy (non-hydrogen) atoms. The van der Waals surface area contributed by atoms with E-state index in [4.69, 9.17) is 5.11 Å². The largest absolute Gasteiger partial charge is 0.481 e. The maximum absolute atomic E-state index is 13.1. The lowest BCUT2D eigenvalue weighted by atomic mass is 9.90. The highest BCUT2D eigenvalue weighted by Gasteiger charge is 2.42. The molecule has 0 unspecified atom stereocenters. The minimum absolute atomic E-state index is 0.0410. The molecule has 1 heterocycles. The average Bonchev–Trinajstić information content (AvgIpc) is 2.71. The number of carboxylic acids is 1. The summed E-state index contributed by atoms with van der Waals surface area (Å²) in [6.07, 6.45) is 0.325. The van der Waals surface area contributed by atoms with Crippen molar-refractivity contribution in [2.45, 2.75) is 13.3 Å². The van der Waals surface area contributed by atoms with Crippen LogP contribution < -0.4 is 0 Å². The third-order valence-electron chi connectivity index (χ3n) is 3.39. The molecular weight excluding hydrogens is 256 g/mol. The van der Waals surface area contributed by atoms with E-state index in [0.29, 0.717) is 12.5 Å². The van der Waals surface area contributed by atoms with Gasteiger partial charge in [0.05, 0.1) is 5.41 Å². The minimum atomic E-state index is -0.998. The molecule has 1 aliphatic rings. The zero-order valence-electron chi connectivity index (χ0n) is 10.3. The zero-order chi connectivity index (χ0) is 14.2. The molecule has 1 N–H and O–H groups in total. The zero-order valence-corrected chi connectivity index (χ0v) is 10.3. The van der Waals surface area contributed by atoms with E-state index in [0.717, 1.165) is 12.1 Å². The van der Waals surface area contributed by atoms with Crippen molar-refractivity contribution in [2.75, 3.05) is 13.1 Å². The maximum Gasteiger partial charge on any atom is 0.311 e. The number of amides is 1. The molecule has 4 nitrogen and oxygen atoms in total. The predicted molar refractivity (Wildman–Crippen MR) is 62.6 cm³/mol. The fourth-order valence-corrected chi connectivity index (χ4v) is 2.17. The number of aliphatic carboxylic acids is 1. The van der Waals surface area contributed by atoms with Gasteiger partial charge in [0.2, 0.25) is 0 Å². The standard InChI is InChI=1S/C13H13F2NO3/c1-13(12(18)19)2-3-16(7-13)11(17)8-4-9(14)6-10(15)5-8/h4-6H,2-3,7H2,1H3,(H,18,19)/t13-/m1/s1. The Bertz CT molecular complexity index is 526. The van der Waals surface area contributed by atoms with Crippen molar-refractivity contribution in [3.05, 3.63) is 35.4 Å². The van der Waals surface area contributed by atoms with Crippen LogP contribution in [0.15, 0.2) is 18.2 Å². The molecule has 1 aromatic carbocycles. The van der Waals surface area contributed by atoms with Crippen LogP contribution in [0.5, 0.6) is 0 Å². The van der Waals surface area contributed by atoms with Crippen LogP contribution in [0.2, 0.25) is 0 Å². The molecule has 1 atom stereocenters. The Hall–Kier alpha value is -1.98. The smallest absolute Gasteiger partial charge is 0.311 e. The summed E-state index contributed by atoms with van der Waals surface area (Å²) in [6, 6.07) is 2.58. The van der Waals surface area contributed by atoms with Crippen molar-refractivity contribution in [3.63, 3.8) is 0 Å². The van der Waals surface area contributed by atoms with Gasteiger partial charge < -0.3 is 10.0 Å². The van der Waals surface area contributed by atoms with E-state index < -0.39 is 28.9 Å². The van der Waals surface area contributed by atoms with Crippen molar-refractivity contribution in [2.24, 2.45) is 5.41 Å². The summed E-state index contributed by atoms with van der Waals surface area (Å²) in [7, 11) is 0. The van der Waals surface area contributed by atoms with Gasteiger partial charge in [-0.1, -0.05) is 0 Å². The average molecular weight is 269 g/mol. The van der Waals surface area contributed by atoms with E-state index in [-0.39, 0.29) is 18.7 Å². The van der Waals surface area contributed by atoms with Gasteiger partial charge in [-0.25, -0.2) is 8.78 Å². The Morgan fingerprint density at radius 1 is 1.26 bits per heavy atom. The normalized spacial score (nSPS) is 22.6. The fourth-order valence-electron chi connectivity index (χ4n) is 2.17. The molecule has 0 saturated carbocycles. The molecule has 1 saturated heterocycles. The van der Waals surface area contributed by atoms with Gasteiger partial charge in [-0.15, -0.1) is 0 Å². The van der Waals surface area contributed by atoms with E-state index in [1.807, 2.05) is 0 Å². The highest BCUT2D eigenvalue weighted by atomic mass is 19.1. The molecule has 0 aliphatic carbocycles. The number of likely N-dealkylation sites (tertiary alicyclic amines) is 1. The maximum atomic E-state index is 13.1. The Morgan fingerprint density at radius 3 is 2.32 bits per heavy atom. The first-order chi connectivity index (χ1) is 8.82. The van der Waals surface area contributed by atoms with Crippen LogP contribution in [0.1, 0.15) is 23.7 Å². The summed E-state index contributed by atoms with van der Waals surface area (Å²) in [5, 5.41) is 9.07. The van der Waals surface area contributed by atoms with Crippen molar-refractivity contribution < 1.29 is 23.5 Å². The summed E-state index contributed by atoms with van der Waals surface area (Å²) in [6.45, 7) is 1.85. The SMILES string of the molecule is C[C@@]1(C(=O)O)CCN(C(=O)c2cc(F)cc(F)c2)C1. The van der Waals surface area contributed by atoms with Gasteiger partial charge >= 0.3 is 5.97 Å². The van der Waals surface area contributed by atoms with E-state index in [1.54, 1.807) is 6.92 Å². The summed E-state index contributed by atoms with van der Waals surface area (Å²) in [5.41, 5.74) is -1.10. The second kappa shape index (κ2) is 4.60. The highest BCUT2D eigenvalue weighted by molar-refractivity contribution is 5.95. The first-order valence-corrected chi connectivity index (χ1v) is 5.81. The molecule has 1 fully saturated rings. The lowest BCUT2D eigenvalue weighted by molar-refractivity contribution is -0.147. The molecule has 6 heteroatoms. The summed E-state index contributed by atoms with van der Waals surface area (Å²) < 4.78 is 26.1. The van der Waals surface area contributed by atoms with Crippen molar-refractivity contribution >= 4 is 11.9 Å². The molecule has 0 aromatic heterocycles. The van der Waals surface area contributed by atoms with Gasteiger partial charge in [-0.05, 0) is 25.5 Å². The van der Waals surface area contributed by atoms with Crippen LogP contribution in [0.25, 0.3) is 0 Å². The predicted octanol–water partition coefficient (Wildman–Crippen LogP) is 1.90. The van der Waals surface area contributed by atoms with Crippen molar-refractivity contribution in [3.8, 4) is 0 Å². The van der Waals surface area contributed by atoms with Gasteiger partial charge in [0.25, 0.3) is 5.91 Å². The first-order valence-electron chi connectivity index (χ1n) is 5.81. The van der Waals surface area contributed by atoms with E-state index in [1.165, 1.54) is 4.90 Å². The number of nitrogens with zero attached hydrogens (tertiary/aromatic N) is 1. The van der Waals surface area contributed by atoms with Crippen molar-refractivity contribution in [1.29, 1.82) is 0 Å². The van der Waals surface area contributed by atoms with E-state index >= 15 is 0 Å². The van der Waals surface area contributed by atoms with E-state index in [9.17, 15) is 18.4 Å². The van der Waals surface area contributed by atoms with E-state index in [2.05, 4.69) is 0 Å². The second-order valence-corrected chi connectivity index (χ2v) is 5.00. The molecule has 1 aromatic rings. The van der Waals surface area contributed by atoms with Gasteiger partial charge in [-0.2, -0.15) is 0 Å². The third kappa shape index (κ3) is 2.57. The summed E-state index contributed by atoms with van der Waals surface area (Å²) in [4.78, 5) is 24.4. The molecular formula is C13H13F2NO3. The third-order valence-corrected chi connectivity index (χ3v) is 3.39. The van der Waals surface area contributed by atoms with Crippen molar-refractivity contribution in [1.82, 2.24) is 4.90 Å². The monoisotopic (exact) mass is 269 g/mol. The number of carbonyl (C=O) groups excluding carboxylic acids is 1. The molecule has 102 valence electrons. The topological polar surface area (TPSA) is 57.6 Å². The van der Waals surface area contributed by atoms with Gasteiger partial charge in [0, 0.05) is 24.7 Å². The van der Waals surface area contributed by atoms with Crippen LogP contribution in [0.4, 0.5) is 8.78 Å². The Kier molecular flexibility index (Phi) is 3.26. The highest BCUT2D eigenvalue weighted by Crippen LogP contribution is 2.31. The van der Waals surface area contributed by atoms with Crippen LogP contribution in [0.3, 0.4) is 0 Å². The number of carbonyl (C=O) groups is 2. The Balaban J connectivity index is 2.20. The number of benzene rings is 1. The summed E-state index contributed by atoms with van der Waals surface area (Å²) in [5.74, 6) is -3.19. The first kappa shape index (κ1) is 13.5. The van der Waals surface area contributed by atoms with Crippen LogP contribution in [0, 0.1) is 17.0 Å². The second-order valence-electron chi connectivity index (χ2n) is 5.00. The number of carboxylic acid groups (broad SMARTS) is 1. The Morgan fingerprint density at radius 2 is 1.84 bits per heavy atom. The number of halogens is 2. The van der Waals surface area contributed by atoms with Gasteiger partial charge in [-0.3, -0.25) is 9.59 Å². The minimum Gasteiger partial charge on any atom is -0.481 e. The molecule has 0 bridgehead atoms. The van der Waals surface area contributed by atoms with Gasteiger partial charge in [0.1, 0.15) is 11.6 Å². The molecule has 1 amide bonds. The molecule has 2 rings (SSSR count). The molecule has 0 radical (unpaired) electrons. The van der Waals surface area contributed by atoms with Gasteiger partial charge in [0.15, 0.2) is 0 Å². The number of hydrogen-bond acceptors (Lipinski definition) is 2. The molecule has 1 aliphatic heterocycles. The quantitative estimate of drug-likeness (QED) is 0.892. The fraction of sp³-hybridized carbons (Fsp3) is 0.385. The molecule has 0 spiro atoms. The van der Waals surface area contributed by atoms with Crippen LogP contribution in [-0.2, 0) is 4.79 Å². The Labute approximate surface area is 108 Å². The number of rotatable bonds is 2. The summed E-state index contributed by atoms with van der Waals surface area (Å²) >= 11 is 0. The lowest BCUT2D eigenvalue weighted by Gasteiger charge is -2.20. The van der Waals surface area contributed by atoms with Crippen LogP contribution in [-0.4, -0.2) is 35.0 Å².